The minimum Gasteiger partial charge on any atom is -0.291 e. The number of aryl methyl sites for hydroxylation is 1. The van der Waals surface area contributed by atoms with Crippen molar-refractivity contribution in [2.24, 2.45) is 0 Å². The van der Waals surface area contributed by atoms with Crippen LogP contribution >= 0.6 is 0 Å². The molecule has 0 fully saturated rings. The molecular formula is C16H13O2. The molecule has 2 heteroatoms. The summed E-state index contributed by atoms with van der Waals surface area (Å²) >= 11 is 0. The molecule has 0 aliphatic carbocycles. The van der Waals surface area contributed by atoms with Gasteiger partial charge in [-0.25, -0.2) is 0 Å². The van der Waals surface area contributed by atoms with Gasteiger partial charge in [-0.1, -0.05) is 54.6 Å². The van der Waals surface area contributed by atoms with Crippen LogP contribution in [-0.2, 0) is 11.2 Å². The first-order chi connectivity index (χ1) is 8.81. The summed E-state index contributed by atoms with van der Waals surface area (Å²) < 4.78 is 0. The summed E-state index contributed by atoms with van der Waals surface area (Å²) in [7, 11) is 0. The molecule has 0 atom stereocenters. The van der Waals surface area contributed by atoms with Crippen LogP contribution in [0, 0.1) is 0 Å². The first kappa shape index (κ1) is 12.2. The Bertz CT molecular complexity index is 527. The van der Waals surface area contributed by atoms with E-state index >= 15 is 0 Å². The number of carbonyl (C=O) groups excluding carboxylic acids is 2. The molecule has 0 aliphatic heterocycles. The van der Waals surface area contributed by atoms with Gasteiger partial charge >= 0.3 is 0 Å². The van der Waals surface area contributed by atoms with Gasteiger partial charge in [0.25, 0.3) is 0 Å². The van der Waals surface area contributed by atoms with E-state index in [0.717, 1.165) is 5.56 Å². The third-order valence-electron chi connectivity index (χ3n) is 2.77. The van der Waals surface area contributed by atoms with Gasteiger partial charge in [0.15, 0.2) is 12.1 Å². The van der Waals surface area contributed by atoms with Crippen molar-refractivity contribution >= 4 is 12.1 Å². The van der Waals surface area contributed by atoms with Crippen LogP contribution in [0.2, 0.25) is 0 Å². The van der Waals surface area contributed by atoms with E-state index in [-0.39, 0.29) is 5.78 Å². The zero-order valence-corrected chi connectivity index (χ0v) is 9.93. The fraction of sp³-hybridized carbons (Fsp3) is 0.125. The van der Waals surface area contributed by atoms with Gasteiger partial charge in [0.1, 0.15) is 0 Å². The molecule has 0 N–H and O–H groups in total. The maximum Gasteiger partial charge on any atom is 0.198 e. The molecule has 0 saturated carbocycles. The third kappa shape index (κ3) is 2.92. The molecule has 2 aromatic rings. The molecule has 0 bridgehead atoms. The van der Waals surface area contributed by atoms with Crippen LogP contribution in [0.3, 0.4) is 0 Å². The Morgan fingerprint density at radius 1 is 0.889 bits per heavy atom. The first-order valence-corrected chi connectivity index (χ1v) is 5.85. The number of benzene rings is 2. The molecule has 0 heterocycles. The SMILES string of the molecule is O=[C]CCc1ccc(C(=O)c2ccccc2)cc1. The highest BCUT2D eigenvalue weighted by Gasteiger charge is 2.07. The Labute approximate surface area is 106 Å². The Morgan fingerprint density at radius 3 is 2.11 bits per heavy atom. The summed E-state index contributed by atoms with van der Waals surface area (Å²) in [6.07, 6.45) is 2.93. The number of hydrogen-bond acceptors (Lipinski definition) is 2. The zero-order chi connectivity index (χ0) is 12.8. The maximum absolute atomic E-state index is 12.1. The van der Waals surface area contributed by atoms with Gasteiger partial charge in [0.2, 0.25) is 0 Å². The molecule has 2 aromatic carbocycles. The Hall–Kier alpha value is -2.22. The fourth-order valence-corrected chi connectivity index (χ4v) is 1.77. The number of rotatable bonds is 5. The second kappa shape index (κ2) is 5.92. The molecule has 0 spiro atoms. The lowest BCUT2D eigenvalue weighted by Crippen LogP contribution is -2.01. The lowest BCUT2D eigenvalue weighted by Gasteiger charge is -2.02. The summed E-state index contributed by atoms with van der Waals surface area (Å²) in [6, 6.07) is 16.6. The molecule has 0 unspecified atom stereocenters. The quantitative estimate of drug-likeness (QED) is 0.749. The molecule has 1 radical (unpaired) electrons. The maximum atomic E-state index is 12.1. The first-order valence-electron chi connectivity index (χ1n) is 5.85. The molecule has 0 aliphatic rings. The molecule has 0 aromatic heterocycles. The van der Waals surface area contributed by atoms with Gasteiger partial charge in [0, 0.05) is 17.5 Å². The van der Waals surface area contributed by atoms with E-state index in [1.54, 1.807) is 24.3 Å². The minimum absolute atomic E-state index is 0.0177. The van der Waals surface area contributed by atoms with Crippen LogP contribution < -0.4 is 0 Å². The van der Waals surface area contributed by atoms with Gasteiger partial charge in [-0.15, -0.1) is 0 Å². The van der Waals surface area contributed by atoms with Crippen molar-refractivity contribution in [3.8, 4) is 0 Å². The molecule has 18 heavy (non-hydrogen) atoms. The number of hydrogen-bond donors (Lipinski definition) is 0. The van der Waals surface area contributed by atoms with E-state index in [1.165, 1.54) is 0 Å². The van der Waals surface area contributed by atoms with E-state index in [0.29, 0.717) is 24.0 Å². The number of carbonyl (C=O) groups is 1. The van der Waals surface area contributed by atoms with Gasteiger partial charge in [-0.05, 0) is 12.0 Å². The lowest BCUT2D eigenvalue weighted by atomic mass is 10.0. The van der Waals surface area contributed by atoms with Crippen molar-refractivity contribution in [3.63, 3.8) is 0 Å². The molecule has 0 saturated heterocycles. The smallest absolute Gasteiger partial charge is 0.198 e. The Morgan fingerprint density at radius 2 is 1.50 bits per heavy atom. The Kier molecular flexibility index (Phi) is 4.02. The van der Waals surface area contributed by atoms with E-state index < -0.39 is 0 Å². The van der Waals surface area contributed by atoms with Crippen LogP contribution in [-0.4, -0.2) is 12.1 Å². The van der Waals surface area contributed by atoms with E-state index in [1.807, 2.05) is 36.6 Å². The standard InChI is InChI=1S/C16H13O2/c17-12-4-5-13-8-10-15(11-9-13)16(18)14-6-2-1-3-7-14/h1-3,6-11H,4-5H2. The van der Waals surface area contributed by atoms with Gasteiger partial charge in [0.05, 0.1) is 0 Å². The fourth-order valence-electron chi connectivity index (χ4n) is 1.77. The van der Waals surface area contributed by atoms with Crippen LogP contribution in [0.5, 0.6) is 0 Å². The zero-order valence-electron chi connectivity index (χ0n) is 9.93. The monoisotopic (exact) mass is 237 g/mol. The third-order valence-corrected chi connectivity index (χ3v) is 2.77. The second-order valence-electron chi connectivity index (χ2n) is 4.04. The summed E-state index contributed by atoms with van der Waals surface area (Å²) in [5.74, 6) is 0.0177. The van der Waals surface area contributed by atoms with Crippen molar-refractivity contribution in [2.75, 3.05) is 0 Å². The van der Waals surface area contributed by atoms with E-state index in [4.69, 9.17) is 0 Å². The molecule has 89 valence electrons. The highest BCUT2D eigenvalue weighted by Crippen LogP contribution is 2.11. The molecule has 2 nitrogen and oxygen atoms in total. The van der Waals surface area contributed by atoms with E-state index in [2.05, 4.69) is 0 Å². The average molecular weight is 237 g/mol. The second-order valence-corrected chi connectivity index (χ2v) is 4.04. The number of ketones is 1. The normalized spacial score (nSPS) is 10.0. The summed E-state index contributed by atoms with van der Waals surface area (Å²) in [5.41, 5.74) is 2.40. The van der Waals surface area contributed by atoms with Gasteiger partial charge < -0.3 is 0 Å². The Balaban J connectivity index is 2.14. The van der Waals surface area contributed by atoms with Crippen molar-refractivity contribution in [1.82, 2.24) is 0 Å². The topological polar surface area (TPSA) is 34.1 Å². The lowest BCUT2D eigenvalue weighted by molar-refractivity contribution is 0.103. The highest BCUT2D eigenvalue weighted by atomic mass is 16.1. The molecule has 0 amide bonds. The van der Waals surface area contributed by atoms with Crippen molar-refractivity contribution in [1.29, 1.82) is 0 Å². The predicted octanol–water partition coefficient (Wildman–Crippen LogP) is 2.96. The molecule has 2 rings (SSSR count). The van der Waals surface area contributed by atoms with Crippen LogP contribution in [0.4, 0.5) is 0 Å². The van der Waals surface area contributed by atoms with Crippen LogP contribution in [0.25, 0.3) is 0 Å². The summed E-state index contributed by atoms with van der Waals surface area (Å²) in [4.78, 5) is 22.3. The highest BCUT2D eigenvalue weighted by molar-refractivity contribution is 6.08. The van der Waals surface area contributed by atoms with Crippen molar-refractivity contribution in [2.45, 2.75) is 12.8 Å². The van der Waals surface area contributed by atoms with Crippen LogP contribution in [0.15, 0.2) is 54.6 Å². The average Bonchev–Trinajstić information content (AvgIpc) is 2.46. The summed E-state index contributed by atoms with van der Waals surface area (Å²) in [6.45, 7) is 0. The van der Waals surface area contributed by atoms with Gasteiger partial charge in [-0.3, -0.25) is 9.59 Å². The van der Waals surface area contributed by atoms with Crippen molar-refractivity contribution in [3.05, 3.63) is 71.3 Å². The largest absolute Gasteiger partial charge is 0.291 e. The summed E-state index contributed by atoms with van der Waals surface area (Å²) in [5, 5.41) is 0. The van der Waals surface area contributed by atoms with Crippen molar-refractivity contribution < 1.29 is 9.59 Å². The van der Waals surface area contributed by atoms with Crippen LogP contribution in [0.1, 0.15) is 27.9 Å². The van der Waals surface area contributed by atoms with Gasteiger partial charge in [-0.2, -0.15) is 0 Å². The minimum atomic E-state index is 0.0177. The molecular weight excluding hydrogens is 224 g/mol. The predicted molar refractivity (Wildman–Crippen MR) is 70.3 cm³/mol. The van der Waals surface area contributed by atoms with E-state index in [9.17, 15) is 9.59 Å².